The molecule has 2 aliphatic heterocycles. The fourth-order valence-electron chi connectivity index (χ4n) is 3.73. The Labute approximate surface area is 146 Å². The Hall–Kier alpha value is -2.19. The molecule has 0 spiro atoms. The maximum atomic E-state index is 12.6. The van der Waals surface area contributed by atoms with Gasteiger partial charge in [-0.2, -0.15) is 9.61 Å². The molecule has 4 rings (SSSR count). The molecule has 2 amide bonds. The van der Waals surface area contributed by atoms with Crippen molar-refractivity contribution in [3.63, 3.8) is 0 Å². The first-order chi connectivity index (χ1) is 12.2. The molecule has 4 heterocycles. The van der Waals surface area contributed by atoms with E-state index in [0.29, 0.717) is 5.82 Å². The average Bonchev–Trinajstić information content (AvgIpc) is 3.13. The summed E-state index contributed by atoms with van der Waals surface area (Å²) in [5.41, 5.74) is 0.878. The Morgan fingerprint density at radius 2 is 1.92 bits per heavy atom. The van der Waals surface area contributed by atoms with Crippen molar-refractivity contribution >= 4 is 17.5 Å². The molecule has 2 aromatic rings. The first-order valence-corrected chi connectivity index (χ1v) is 8.83. The summed E-state index contributed by atoms with van der Waals surface area (Å²) in [6.07, 6.45) is 5.31. The quantitative estimate of drug-likeness (QED) is 0.892. The first-order valence-electron chi connectivity index (χ1n) is 8.83. The molecule has 8 nitrogen and oxygen atoms in total. The number of anilines is 1. The second-order valence-electron chi connectivity index (χ2n) is 6.94. The maximum Gasteiger partial charge on any atom is 0.323 e. The minimum Gasteiger partial charge on any atom is -0.379 e. The zero-order valence-corrected chi connectivity index (χ0v) is 14.5. The fraction of sp³-hybridized carbons (Fsp3) is 0.588. The lowest BCUT2D eigenvalue weighted by atomic mass is 9.87. The van der Waals surface area contributed by atoms with Gasteiger partial charge in [-0.1, -0.05) is 0 Å². The van der Waals surface area contributed by atoms with Crippen LogP contribution in [-0.2, 0) is 4.74 Å². The lowest BCUT2D eigenvalue weighted by Gasteiger charge is -2.48. The number of carbonyl (C=O) groups is 1. The second kappa shape index (κ2) is 6.61. The number of nitrogens with one attached hydrogen (secondary N) is 1. The van der Waals surface area contributed by atoms with Crippen LogP contribution in [0.2, 0.25) is 0 Å². The summed E-state index contributed by atoms with van der Waals surface area (Å²) in [5, 5.41) is 7.17. The average molecular weight is 344 g/mol. The highest BCUT2D eigenvalue weighted by atomic mass is 16.5. The Kier molecular flexibility index (Phi) is 4.30. The minimum absolute atomic E-state index is 0.0768. The highest BCUT2D eigenvalue weighted by molar-refractivity contribution is 5.88. The summed E-state index contributed by atoms with van der Waals surface area (Å²) < 4.78 is 7.10. The number of carbonyl (C=O) groups excluding carboxylic acids is 1. The van der Waals surface area contributed by atoms with Gasteiger partial charge in [-0.15, -0.1) is 0 Å². The Balaban J connectivity index is 1.39. The van der Waals surface area contributed by atoms with Crippen LogP contribution in [-0.4, -0.2) is 75.4 Å². The van der Waals surface area contributed by atoms with Crippen LogP contribution in [0.1, 0.15) is 19.8 Å². The molecule has 0 bridgehead atoms. The molecule has 2 aliphatic rings. The van der Waals surface area contributed by atoms with Crippen molar-refractivity contribution in [2.45, 2.75) is 25.3 Å². The predicted octanol–water partition coefficient (Wildman–Crippen LogP) is 1.45. The molecule has 0 radical (unpaired) electrons. The molecule has 0 aliphatic carbocycles. The topological polar surface area (TPSA) is 75.0 Å². The summed E-state index contributed by atoms with van der Waals surface area (Å²) in [6, 6.07) is 3.50. The standard InChI is InChI=1S/C17H24N6O2/c1-17(22-10-12-25-13-11-22)4-8-21(9-5-17)16(24)20-15-2-6-18-14-3-7-19-23(14)15/h2-3,6-7H,4-5,8-13H2,1H3,(H,20,24). The number of rotatable bonds is 2. The maximum absolute atomic E-state index is 12.6. The number of urea groups is 1. The fourth-order valence-corrected chi connectivity index (χ4v) is 3.73. The molecular formula is C17H24N6O2. The van der Waals surface area contributed by atoms with Crippen LogP contribution in [0, 0.1) is 0 Å². The number of hydrogen-bond acceptors (Lipinski definition) is 5. The van der Waals surface area contributed by atoms with Crippen LogP contribution in [0.4, 0.5) is 10.6 Å². The molecule has 2 aromatic heterocycles. The molecule has 0 aromatic carbocycles. The first kappa shape index (κ1) is 16.3. The molecule has 0 saturated carbocycles. The van der Waals surface area contributed by atoms with Crippen molar-refractivity contribution in [1.82, 2.24) is 24.4 Å². The van der Waals surface area contributed by atoms with E-state index in [1.807, 2.05) is 11.0 Å². The summed E-state index contributed by atoms with van der Waals surface area (Å²) >= 11 is 0. The van der Waals surface area contributed by atoms with E-state index in [4.69, 9.17) is 4.74 Å². The molecule has 2 saturated heterocycles. The molecule has 2 fully saturated rings. The van der Waals surface area contributed by atoms with Gasteiger partial charge in [-0.25, -0.2) is 9.78 Å². The summed E-state index contributed by atoms with van der Waals surface area (Å²) in [7, 11) is 0. The predicted molar refractivity (Wildman–Crippen MR) is 93.6 cm³/mol. The minimum atomic E-state index is -0.0768. The van der Waals surface area contributed by atoms with Crippen molar-refractivity contribution < 1.29 is 9.53 Å². The van der Waals surface area contributed by atoms with Crippen LogP contribution in [0.3, 0.4) is 0 Å². The number of ether oxygens (including phenoxy) is 1. The van der Waals surface area contributed by atoms with Crippen LogP contribution in [0.5, 0.6) is 0 Å². The lowest BCUT2D eigenvalue weighted by molar-refractivity contribution is -0.0352. The van der Waals surface area contributed by atoms with E-state index in [2.05, 4.69) is 27.2 Å². The van der Waals surface area contributed by atoms with E-state index < -0.39 is 0 Å². The van der Waals surface area contributed by atoms with Crippen molar-refractivity contribution in [1.29, 1.82) is 0 Å². The van der Waals surface area contributed by atoms with Crippen molar-refractivity contribution in [2.24, 2.45) is 0 Å². The molecule has 25 heavy (non-hydrogen) atoms. The van der Waals surface area contributed by atoms with Gasteiger partial charge in [0, 0.05) is 44.0 Å². The van der Waals surface area contributed by atoms with E-state index >= 15 is 0 Å². The third kappa shape index (κ3) is 3.19. The third-order valence-corrected chi connectivity index (χ3v) is 5.43. The van der Waals surface area contributed by atoms with E-state index in [0.717, 1.165) is 57.9 Å². The Morgan fingerprint density at radius 1 is 1.16 bits per heavy atom. The molecule has 0 unspecified atom stereocenters. The third-order valence-electron chi connectivity index (χ3n) is 5.43. The largest absolute Gasteiger partial charge is 0.379 e. The van der Waals surface area contributed by atoms with Gasteiger partial charge < -0.3 is 9.64 Å². The van der Waals surface area contributed by atoms with Crippen molar-refractivity contribution in [2.75, 3.05) is 44.7 Å². The van der Waals surface area contributed by atoms with E-state index in [1.54, 1.807) is 23.0 Å². The van der Waals surface area contributed by atoms with Gasteiger partial charge in [0.05, 0.1) is 19.4 Å². The van der Waals surface area contributed by atoms with Gasteiger partial charge in [-0.05, 0) is 25.8 Å². The number of aromatic nitrogens is 3. The van der Waals surface area contributed by atoms with E-state index in [1.165, 1.54) is 0 Å². The Morgan fingerprint density at radius 3 is 2.68 bits per heavy atom. The molecular weight excluding hydrogens is 320 g/mol. The number of likely N-dealkylation sites (tertiary alicyclic amines) is 1. The number of nitrogens with zero attached hydrogens (tertiary/aromatic N) is 5. The van der Waals surface area contributed by atoms with Gasteiger partial charge in [0.2, 0.25) is 0 Å². The van der Waals surface area contributed by atoms with Gasteiger partial charge in [0.1, 0.15) is 5.82 Å². The summed E-state index contributed by atoms with van der Waals surface area (Å²) in [5.74, 6) is 0.640. The van der Waals surface area contributed by atoms with Gasteiger partial charge in [0.25, 0.3) is 0 Å². The normalized spacial score (nSPS) is 21.4. The van der Waals surface area contributed by atoms with Gasteiger partial charge in [-0.3, -0.25) is 10.2 Å². The smallest absolute Gasteiger partial charge is 0.323 e. The van der Waals surface area contributed by atoms with Crippen molar-refractivity contribution in [3.8, 4) is 0 Å². The molecule has 1 N–H and O–H groups in total. The van der Waals surface area contributed by atoms with Crippen LogP contribution in [0.25, 0.3) is 5.65 Å². The zero-order valence-electron chi connectivity index (χ0n) is 14.5. The zero-order chi connectivity index (χ0) is 17.3. The van der Waals surface area contributed by atoms with Gasteiger partial charge >= 0.3 is 6.03 Å². The molecule has 0 atom stereocenters. The van der Waals surface area contributed by atoms with E-state index in [9.17, 15) is 4.79 Å². The number of amides is 2. The highest BCUT2D eigenvalue weighted by Gasteiger charge is 2.37. The van der Waals surface area contributed by atoms with Crippen LogP contribution < -0.4 is 5.32 Å². The molecule has 134 valence electrons. The van der Waals surface area contributed by atoms with E-state index in [-0.39, 0.29) is 11.6 Å². The number of hydrogen-bond donors (Lipinski definition) is 1. The Bertz CT molecular complexity index is 746. The SMILES string of the molecule is CC1(N2CCOCC2)CCN(C(=O)Nc2ccnc3ccnn23)CC1. The van der Waals surface area contributed by atoms with Crippen LogP contribution in [0.15, 0.2) is 24.5 Å². The van der Waals surface area contributed by atoms with Crippen LogP contribution >= 0.6 is 0 Å². The second-order valence-corrected chi connectivity index (χ2v) is 6.94. The summed E-state index contributed by atoms with van der Waals surface area (Å²) in [4.78, 5) is 21.3. The van der Waals surface area contributed by atoms with Gasteiger partial charge in [0.15, 0.2) is 5.65 Å². The summed E-state index contributed by atoms with van der Waals surface area (Å²) in [6.45, 7) is 7.40. The lowest BCUT2D eigenvalue weighted by Crippen LogP contribution is -2.57. The number of morpholine rings is 1. The molecule has 8 heteroatoms. The number of fused-ring (bicyclic) bond motifs is 1. The monoisotopic (exact) mass is 344 g/mol. The van der Waals surface area contributed by atoms with Crippen molar-refractivity contribution in [3.05, 3.63) is 24.5 Å². The number of piperidine rings is 1. The highest BCUT2D eigenvalue weighted by Crippen LogP contribution is 2.29.